The molecule has 1 aromatic rings. The molecular weight excluding hydrogens is 252 g/mol. The average molecular weight is 287 g/mol. The summed E-state index contributed by atoms with van der Waals surface area (Å²) in [5.74, 6) is 2.58. The van der Waals surface area contributed by atoms with Crippen LogP contribution in [0.2, 0.25) is 0 Å². The lowest BCUT2D eigenvalue weighted by atomic mass is 9.58. The molecule has 0 heterocycles. The zero-order chi connectivity index (χ0) is 15.7. The molecule has 3 atom stereocenters. The van der Waals surface area contributed by atoms with Gasteiger partial charge in [-0.1, -0.05) is 78.3 Å². The summed E-state index contributed by atoms with van der Waals surface area (Å²) in [6.07, 6.45) is 5.57. The van der Waals surface area contributed by atoms with Crippen molar-refractivity contribution in [2.45, 2.75) is 72.6 Å². The van der Waals surface area contributed by atoms with Crippen LogP contribution >= 0.6 is 0 Å². The van der Waals surface area contributed by atoms with Crippen molar-refractivity contribution in [1.82, 2.24) is 0 Å². The highest BCUT2D eigenvalue weighted by atomic mass is 14.5. The summed E-state index contributed by atoms with van der Waals surface area (Å²) in [6.45, 7) is 14.6. The fraction of sp³-hybridized carbons (Fsp3) is 0.714. The average Bonchev–Trinajstić information content (AvgIpc) is 2.37. The van der Waals surface area contributed by atoms with Gasteiger partial charge < -0.3 is 0 Å². The molecule has 0 aromatic heterocycles. The van der Waals surface area contributed by atoms with Crippen LogP contribution in [0.3, 0.4) is 0 Å². The second-order valence-electron chi connectivity index (χ2n) is 9.14. The zero-order valence-electron chi connectivity index (χ0n) is 14.9. The molecule has 0 N–H and O–H groups in total. The van der Waals surface area contributed by atoms with Crippen molar-refractivity contribution in [3.05, 3.63) is 35.9 Å². The van der Waals surface area contributed by atoms with Crippen LogP contribution in [0.4, 0.5) is 0 Å². The molecule has 0 aliphatic heterocycles. The highest BCUT2D eigenvalue weighted by molar-refractivity contribution is 5.25. The Hall–Kier alpha value is -0.780. The summed E-state index contributed by atoms with van der Waals surface area (Å²) in [5, 5.41) is 0. The van der Waals surface area contributed by atoms with Crippen LogP contribution in [0.5, 0.6) is 0 Å². The summed E-state index contributed by atoms with van der Waals surface area (Å²) in [5.41, 5.74) is 2.24. The van der Waals surface area contributed by atoms with Crippen LogP contribution in [0, 0.1) is 23.2 Å². The van der Waals surface area contributed by atoms with E-state index in [1.165, 1.54) is 31.2 Å². The van der Waals surface area contributed by atoms with E-state index in [0.717, 1.165) is 17.8 Å². The molecule has 1 aliphatic carbocycles. The molecule has 1 saturated carbocycles. The maximum atomic E-state index is 2.47. The highest BCUT2D eigenvalue weighted by Crippen LogP contribution is 2.48. The van der Waals surface area contributed by atoms with Crippen molar-refractivity contribution in [1.29, 1.82) is 0 Å². The monoisotopic (exact) mass is 286 g/mol. The highest BCUT2D eigenvalue weighted by Gasteiger charge is 2.40. The molecule has 1 aromatic carbocycles. The minimum atomic E-state index is 0.289. The Bertz CT molecular complexity index is 435. The van der Waals surface area contributed by atoms with E-state index in [0.29, 0.717) is 5.41 Å². The first-order valence-corrected chi connectivity index (χ1v) is 8.75. The first-order chi connectivity index (χ1) is 9.70. The zero-order valence-corrected chi connectivity index (χ0v) is 14.9. The second-order valence-corrected chi connectivity index (χ2v) is 9.14. The predicted octanol–water partition coefficient (Wildman–Crippen LogP) is 6.45. The minimum Gasteiger partial charge on any atom is -0.0625 e. The molecule has 1 aliphatic rings. The van der Waals surface area contributed by atoms with Crippen molar-refractivity contribution in [3.63, 3.8) is 0 Å². The lowest BCUT2D eigenvalue weighted by molar-refractivity contribution is 0.0855. The Morgan fingerprint density at radius 2 is 1.57 bits per heavy atom. The molecule has 21 heavy (non-hydrogen) atoms. The van der Waals surface area contributed by atoms with Crippen molar-refractivity contribution in [2.75, 3.05) is 0 Å². The van der Waals surface area contributed by atoms with Crippen molar-refractivity contribution < 1.29 is 0 Å². The van der Waals surface area contributed by atoms with Crippen molar-refractivity contribution in [3.8, 4) is 0 Å². The van der Waals surface area contributed by atoms with Gasteiger partial charge in [0.05, 0.1) is 0 Å². The van der Waals surface area contributed by atoms with Gasteiger partial charge in [0, 0.05) is 0 Å². The van der Waals surface area contributed by atoms with E-state index in [4.69, 9.17) is 0 Å². The topological polar surface area (TPSA) is 0 Å². The normalized spacial score (nSPS) is 27.6. The third kappa shape index (κ3) is 4.11. The Morgan fingerprint density at radius 1 is 0.952 bits per heavy atom. The van der Waals surface area contributed by atoms with E-state index < -0.39 is 0 Å². The molecule has 2 rings (SSSR count). The third-order valence-electron chi connectivity index (χ3n) is 5.56. The van der Waals surface area contributed by atoms with E-state index >= 15 is 0 Å². The molecule has 0 nitrogen and oxygen atoms in total. The van der Waals surface area contributed by atoms with Gasteiger partial charge in [-0.3, -0.25) is 0 Å². The fourth-order valence-corrected chi connectivity index (χ4v) is 4.54. The minimum absolute atomic E-state index is 0.289. The van der Waals surface area contributed by atoms with Crippen molar-refractivity contribution >= 4 is 0 Å². The van der Waals surface area contributed by atoms with Gasteiger partial charge in [0.25, 0.3) is 0 Å². The maximum absolute atomic E-state index is 2.47. The summed E-state index contributed by atoms with van der Waals surface area (Å²) in [6, 6.07) is 11.2. The van der Waals surface area contributed by atoms with Gasteiger partial charge in [-0.05, 0) is 53.4 Å². The largest absolute Gasteiger partial charge is 0.0625 e. The van der Waals surface area contributed by atoms with Crippen LogP contribution in [0.15, 0.2) is 30.3 Å². The van der Waals surface area contributed by atoms with Gasteiger partial charge >= 0.3 is 0 Å². The van der Waals surface area contributed by atoms with Crippen molar-refractivity contribution in [2.24, 2.45) is 23.2 Å². The van der Waals surface area contributed by atoms with Gasteiger partial charge in [-0.15, -0.1) is 0 Å². The molecule has 0 heteroatoms. The fourth-order valence-electron chi connectivity index (χ4n) is 4.54. The van der Waals surface area contributed by atoms with Crippen LogP contribution in [0.25, 0.3) is 0 Å². The van der Waals surface area contributed by atoms with Gasteiger partial charge in [0.2, 0.25) is 0 Å². The quantitative estimate of drug-likeness (QED) is 0.598. The molecule has 0 bridgehead atoms. The van der Waals surface area contributed by atoms with E-state index in [-0.39, 0.29) is 5.41 Å². The summed E-state index contributed by atoms with van der Waals surface area (Å²) < 4.78 is 0. The maximum Gasteiger partial charge on any atom is -0.00727 e. The predicted molar refractivity (Wildman–Crippen MR) is 93.5 cm³/mol. The van der Waals surface area contributed by atoms with Gasteiger partial charge in [-0.25, -0.2) is 0 Å². The van der Waals surface area contributed by atoms with E-state index in [1.54, 1.807) is 0 Å². The van der Waals surface area contributed by atoms with E-state index in [2.05, 4.69) is 71.9 Å². The third-order valence-corrected chi connectivity index (χ3v) is 5.56. The Kier molecular flexibility index (Phi) is 4.85. The van der Waals surface area contributed by atoms with Crippen LogP contribution in [0.1, 0.15) is 72.8 Å². The summed E-state index contributed by atoms with van der Waals surface area (Å²) in [7, 11) is 0. The molecule has 0 amide bonds. The molecule has 3 unspecified atom stereocenters. The van der Waals surface area contributed by atoms with Gasteiger partial charge in [0.15, 0.2) is 0 Å². The Balaban J connectivity index is 2.25. The summed E-state index contributed by atoms with van der Waals surface area (Å²) in [4.78, 5) is 0. The number of benzene rings is 1. The molecule has 0 spiro atoms. The van der Waals surface area contributed by atoms with Crippen LogP contribution < -0.4 is 0 Å². The lowest BCUT2D eigenvalue weighted by Gasteiger charge is -2.46. The second kappa shape index (κ2) is 6.15. The van der Waals surface area contributed by atoms with E-state index in [9.17, 15) is 0 Å². The first-order valence-electron chi connectivity index (χ1n) is 8.75. The first kappa shape index (κ1) is 16.6. The number of rotatable bonds is 3. The number of hydrogen-bond donors (Lipinski definition) is 0. The number of hydrogen-bond acceptors (Lipinski definition) is 0. The molecule has 1 fully saturated rings. The molecule has 0 radical (unpaired) electrons. The Morgan fingerprint density at radius 3 is 2.14 bits per heavy atom. The summed E-state index contributed by atoms with van der Waals surface area (Å²) >= 11 is 0. The van der Waals surface area contributed by atoms with Gasteiger partial charge in [0.1, 0.15) is 0 Å². The SMILES string of the molecule is CC1CCC(C(C)(C)c2ccccc2)C(CC(C)(C)C)C1. The lowest BCUT2D eigenvalue weighted by Crippen LogP contribution is -2.39. The molecule has 118 valence electrons. The van der Waals surface area contributed by atoms with Crippen LogP contribution in [-0.4, -0.2) is 0 Å². The van der Waals surface area contributed by atoms with E-state index in [1.807, 2.05) is 0 Å². The van der Waals surface area contributed by atoms with Gasteiger partial charge in [-0.2, -0.15) is 0 Å². The molecule has 0 saturated heterocycles. The van der Waals surface area contributed by atoms with Crippen LogP contribution in [-0.2, 0) is 5.41 Å². The Labute approximate surface area is 132 Å². The smallest absolute Gasteiger partial charge is 0.00727 e. The standard InChI is InChI=1S/C21H34/c1-16-12-13-19(17(14-16)15-20(2,3)4)21(5,6)18-10-8-7-9-11-18/h7-11,16-17,19H,12-15H2,1-6H3. The molecular formula is C21H34.